The fourth-order valence-electron chi connectivity index (χ4n) is 5.43. The van der Waals surface area contributed by atoms with Crippen molar-refractivity contribution in [3.8, 4) is 0 Å². The molecule has 4 saturated heterocycles. The van der Waals surface area contributed by atoms with Gasteiger partial charge in [-0.05, 0) is 51.0 Å². The normalized spacial score (nSPS) is 49.2. The predicted molar refractivity (Wildman–Crippen MR) is 88.6 cm³/mol. The van der Waals surface area contributed by atoms with Gasteiger partial charge in [0, 0.05) is 24.5 Å². The number of nitrogens with zero attached hydrogens (tertiary/aromatic N) is 1. The number of fused-ring (bicyclic) bond motifs is 2. The Bertz CT molecular complexity index is 633. The molecule has 4 aliphatic heterocycles. The van der Waals surface area contributed by atoms with E-state index in [1.54, 1.807) is 11.1 Å². The van der Waals surface area contributed by atoms with Gasteiger partial charge in [-0.1, -0.05) is 13.8 Å². The molecule has 2 unspecified atom stereocenters. The zero-order valence-corrected chi connectivity index (χ0v) is 15.4. The highest BCUT2D eigenvalue weighted by Gasteiger charge is 2.70. The number of hydrogen-bond acceptors (Lipinski definition) is 5. The molecule has 138 valence electrons. The summed E-state index contributed by atoms with van der Waals surface area (Å²) in [5, 5.41) is 0. The summed E-state index contributed by atoms with van der Waals surface area (Å²) in [6.45, 7) is 7.56. The third kappa shape index (κ3) is 2.34. The third-order valence-electron chi connectivity index (χ3n) is 6.77. The number of ether oxygens (including phenoxy) is 1. The van der Waals surface area contributed by atoms with Gasteiger partial charge in [0.25, 0.3) is 0 Å². The van der Waals surface area contributed by atoms with E-state index in [1.807, 2.05) is 13.8 Å². The van der Waals surface area contributed by atoms with Gasteiger partial charge in [-0.2, -0.15) is 0 Å². The molecule has 0 radical (unpaired) electrons. The molecule has 5 aliphatic rings. The van der Waals surface area contributed by atoms with Crippen LogP contribution in [0.2, 0.25) is 0 Å². The number of carbonyl (C=O) groups excluding carboxylic acids is 2. The van der Waals surface area contributed by atoms with E-state index in [9.17, 15) is 9.59 Å². The molecule has 2 bridgehead atoms. The van der Waals surface area contributed by atoms with Crippen LogP contribution in [0, 0.1) is 23.7 Å². The van der Waals surface area contributed by atoms with Crippen molar-refractivity contribution >= 4 is 11.7 Å². The summed E-state index contributed by atoms with van der Waals surface area (Å²) < 4.78 is 6.34. The van der Waals surface area contributed by atoms with Gasteiger partial charge in [0.15, 0.2) is 17.6 Å². The highest BCUT2D eigenvalue weighted by Crippen LogP contribution is 2.60. The molecule has 5 fully saturated rings. The second kappa shape index (κ2) is 5.63. The van der Waals surface area contributed by atoms with Crippen molar-refractivity contribution in [2.24, 2.45) is 23.7 Å². The van der Waals surface area contributed by atoms with Gasteiger partial charge in [0.2, 0.25) is 11.7 Å². The second-order valence-corrected chi connectivity index (χ2v) is 8.39. The quantitative estimate of drug-likeness (QED) is 0.566. The molecule has 1 spiro atoms. The fraction of sp³-hybridized carbons (Fsp3) is 0.789. The lowest BCUT2D eigenvalue weighted by atomic mass is 9.57. The van der Waals surface area contributed by atoms with Gasteiger partial charge in [-0.3, -0.25) is 14.5 Å². The molecule has 0 aromatic rings. The Labute approximate surface area is 148 Å². The van der Waals surface area contributed by atoms with Gasteiger partial charge in [-0.15, -0.1) is 0 Å². The first-order chi connectivity index (χ1) is 11.8. The molecule has 0 aromatic carbocycles. The maximum atomic E-state index is 13.1. The standard InChI is InChI=1S/C19H27NO5/c1-11-5-6-15-13(3)16(22)20(10-8-12(2)21)17-19(15)14(11)7-9-18(4,23-17)24-25-19/h8,10-11,13-15,17H,5-7,9H2,1-4H3/b10-8+/t11-,13-,14+,15?,17-,18?,19-/m1/s1. The highest BCUT2D eigenvalue weighted by atomic mass is 17.3. The van der Waals surface area contributed by atoms with E-state index in [0.717, 1.165) is 25.7 Å². The van der Waals surface area contributed by atoms with E-state index in [4.69, 9.17) is 14.5 Å². The van der Waals surface area contributed by atoms with Crippen LogP contribution in [0.25, 0.3) is 0 Å². The van der Waals surface area contributed by atoms with Crippen LogP contribution >= 0.6 is 0 Å². The maximum absolute atomic E-state index is 13.1. The Morgan fingerprint density at radius 2 is 1.96 bits per heavy atom. The summed E-state index contributed by atoms with van der Waals surface area (Å²) in [6, 6.07) is 0. The van der Waals surface area contributed by atoms with Crippen molar-refractivity contribution in [1.82, 2.24) is 4.90 Å². The first-order valence-electron chi connectivity index (χ1n) is 9.34. The Hall–Kier alpha value is -1.24. The molecule has 4 heterocycles. The van der Waals surface area contributed by atoms with Gasteiger partial charge in [0.05, 0.1) is 0 Å². The molecule has 1 saturated carbocycles. The third-order valence-corrected chi connectivity index (χ3v) is 6.77. The zero-order chi connectivity index (χ0) is 18.0. The number of amides is 1. The van der Waals surface area contributed by atoms with Crippen molar-refractivity contribution in [2.75, 3.05) is 0 Å². The average molecular weight is 349 g/mol. The Morgan fingerprint density at radius 3 is 2.68 bits per heavy atom. The van der Waals surface area contributed by atoms with Crippen LogP contribution in [0.5, 0.6) is 0 Å². The van der Waals surface area contributed by atoms with Gasteiger partial charge in [-0.25, -0.2) is 9.78 Å². The highest BCUT2D eigenvalue weighted by molar-refractivity contribution is 5.88. The van der Waals surface area contributed by atoms with Crippen molar-refractivity contribution in [3.63, 3.8) is 0 Å². The molecule has 6 heteroatoms. The molecule has 0 N–H and O–H groups in total. The second-order valence-electron chi connectivity index (χ2n) is 8.39. The van der Waals surface area contributed by atoms with E-state index < -0.39 is 17.6 Å². The van der Waals surface area contributed by atoms with Gasteiger partial charge < -0.3 is 4.74 Å². The molecule has 1 amide bonds. The van der Waals surface area contributed by atoms with E-state index in [-0.39, 0.29) is 29.4 Å². The average Bonchev–Trinajstić information content (AvgIpc) is 2.79. The van der Waals surface area contributed by atoms with Crippen LogP contribution < -0.4 is 0 Å². The number of allylic oxidation sites excluding steroid dienone is 1. The van der Waals surface area contributed by atoms with E-state index in [1.165, 1.54) is 13.0 Å². The van der Waals surface area contributed by atoms with Gasteiger partial charge in [0.1, 0.15) is 0 Å². The minimum Gasteiger partial charge on any atom is -0.320 e. The summed E-state index contributed by atoms with van der Waals surface area (Å²) in [5.41, 5.74) is -0.665. The van der Waals surface area contributed by atoms with E-state index in [2.05, 4.69) is 6.92 Å². The van der Waals surface area contributed by atoms with Crippen molar-refractivity contribution in [3.05, 3.63) is 12.3 Å². The first-order valence-corrected chi connectivity index (χ1v) is 9.34. The molecule has 1 aliphatic carbocycles. The summed E-state index contributed by atoms with van der Waals surface area (Å²) >= 11 is 0. The first kappa shape index (κ1) is 17.2. The number of ketones is 1. The molecular formula is C19H27NO5. The lowest BCUT2D eigenvalue weighted by molar-refractivity contribution is -0.546. The van der Waals surface area contributed by atoms with E-state index in [0.29, 0.717) is 5.92 Å². The summed E-state index contributed by atoms with van der Waals surface area (Å²) in [5.74, 6) is -0.356. The Morgan fingerprint density at radius 1 is 1.20 bits per heavy atom. The van der Waals surface area contributed by atoms with Crippen molar-refractivity contribution in [2.45, 2.75) is 71.0 Å². The Balaban J connectivity index is 1.85. The van der Waals surface area contributed by atoms with Crippen LogP contribution in [-0.2, 0) is 24.1 Å². The Kier molecular flexibility index (Phi) is 3.87. The lowest BCUT2D eigenvalue weighted by Crippen LogP contribution is -2.74. The largest absolute Gasteiger partial charge is 0.320 e. The molecular weight excluding hydrogens is 322 g/mol. The van der Waals surface area contributed by atoms with Crippen LogP contribution in [0.4, 0.5) is 0 Å². The van der Waals surface area contributed by atoms with E-state index >= 15 is 0 Å². The molecule has 7 atom stereocenters. The van der Waals surface area contributed by atoms with Crippen molar-refractivity contribution in [1.29, 1.82) is 0 Å². The van der Waals surface area contributed by atoms with Gasteiger partial charge >= 0.3 is 0 Å². The van der Waals surface area contributed by atoms with Crippen LogP contribution in [0.3, 0.4) is 0 Å². The lowest BCUT2D eigenvalue weighted by Gasteiger charge is -2.61. The van der Waals surface area contributed by atoms with Crippen LogP contribution in [0.15, 0.2) is 12.3 Å². The van der Waals surface area contributed by atoms with Crippen LogP contribution in [-0.4, -0.2) is 34.2 Å². The number of piperidine rings is 1. The predicted octanol–water partition coefficient (Wildman–Crippen LogP) is 2.78. The number of rotatable bonds is 2. The smallest absolute Gasteiger partial charge is 0.231 e. The topological polar surface area (TPSA) is 65.1 Å². The minimum atomic E-state index is -0.860. The minimum absolute atomic E-state index is 0.00817. The summed E-state index contributed by atoms with van der Waals surface area (Å²) in [4.78, 5) is 38.0. The molecule has 0 aromatic heterocycles. The summed E-state index contributed by atoms with van der Waals surface area (Å²) in [6.07, 6.45) is 6.15. The maximum Gasteiger partial charge on any atom is 0.231 e. The monoisotopic (exact) mass is 349 g/mol. The number of likely N-dealkylation sites (tertiary alicyclic amines) is 1. The summed E-state index contributed by atoms with van der Waals surface area (Å²) in [7, 11) is 0. The number of carbonyl (C=O) groups is 2. The SMILES string of the molecule is CC(=O)/C=C/N1C(=O)[C@H](C)C2CC[C@@H](C)[C@@H]3CCC4(C)OO[C@@]23[C@H]1O4. The molecule has 25 heavy (non-hydrogen) atoms. The molecule has 6 nitrogen and oxygen atoms in total. The molecule has 5 rings (SSSR count). The fourth-order valence-corrected chi connectivity index (χ4v) is 5.43. The number of hydrogen-bond donors (Lipinski definition) is 0. The van der Waals surface area contributed by atoms with Crippen LogP contribution in [0.1, 0.15) is 53.4 Å². The van der Waals surface area contributed by atoms with Crippen molar-refractivity contribution < 1.29 is 24.1 Å². The zero-order valence-electron chi connectivity index (χ0n) is 15.4.